The molecule has 0 atom stereocenters. The largest absolute Gasteiger partial charge is 0.496 e. The Hall–Kier alpha value is -2.70. The van der Waals surface area contributed by atoms with Crippen LogP contribution in [0.3, 0.4) is 0 Å². The van der Waals surface area contributed by atoms with Crippen LogP contribution in [0.5, 0.6) is 5.75 Å². The van der Waals surface area contributed by atoms with Crippen molar-refractivity contribution >= 4 is 0 Å². The maximum Gasteiger partial charge on any atom is 0.226 e. The third kappa shape index (κ3) is 3.13. The van der Waals surface area contributed by atoms with Gasteiger partial charge >= 0.3 is 0 Å². The Kier molecular flexibility index (Phi) is 4.13. The second-order valence-corrected chi connectivity index (χ2v) is 4.81. The van der Waals surface area contributed by atoms with E-state index in [0.29, 0.717) is 29.4 Å². The van der Waals surface area contributed by atoms with Gasteiger partial charge in [0.25, 0.3) is 0 Å². The Balaban J connectivity index is 1.64. The Morgan fingerprint density at radius 2 is 2.05 bits per heavy atom. The number of methoxy groups -OCH3 is 1. The third-order valence-corrected chi connectivity index (χ3v) is 3.16. The monoisotopic (exact) mass is 300 g/mol. The van der Waals surface area contributed by atoms with Gasteiger partial charge < -0.3 is 13.7 Å². The first-order valence-electron chi connectivity index (χ1n) is 6.98. The molecule has 0 unspecified atom stereocenters. The lowest BCUT2D eigenvalue weighted by Crippen LogP contribution is -1.92. The van der Waals surface area contributed by atoms with Gasteiger partial charge in [0.1, 0.15) is 11.5 Å². The maximum absolute atomic E-state index is 5.42. The summed E-state index contributed by atoms with van der Waals surface area (Å²) in [6, 6.07) is 1.76. The van der Waals surface area contributed by atoms with Crippen LogP contribution >= 0.6 is 0 Å². The molecular formula is C15H16N4O3. The fourth-order valence-corrected chi connectivity index (χ4v) is 2.10. The standard InChI is InChI=1S/C15H16N4O3/c1-10-8-17-13(21-10)4-3-5-14-18-15(19-22-14)11-9-16-7-6-12(11)20-2/h6-9H,3-5H2,1-2H3. The lowest BCUT2D eigenvalue weighted by molar-refractivity contribution is 0.372. The minimum Gasteiger partial charge on any atom is -0.496 e. The van der Waals surface area contributed by atoms with E-state index in [2.05, 4.69) is 20.1 Å². The van der Waals surface area contributed by atoms with Gasteiger partial charge in [-0.2, -0.15) is 4.98 Å². The predicted octanol–water partition coefficient (Wildman–Crippen LogP) is 2.61. The summed E-state index contributed by atoms with van der Waals surface area (Å²) >= 11 is 0. The van der Waals surface area contributed by atoms with Crippen LogP contribution in [0.25, 0.3) is 11.4 Å². The molecule has 7 nitrogen and oxygen atoms in total. The van der Waals surface area contributed by atoms with Crippen molar-refractivity contribution in [1.29, 1.82) is 0 Å². The van der Waals surface area contributed by atoms with Crippen LogP contribution in [0.15, 0.2) is 33.6 Å². The van der Waals surface area contributed by atoms with Gasteiger partial charge in [-0.3, -0.25) is 4.98 Å². The molecule has 22 heavy (non-hydrogen) atoms. The molecule has 3 heterocycles. The molecule has 0 aliphatic heterocycles. The first kappa shape index (κ1) is 14.2. The normalized spacial score (nSPS) is 10.8. The van der Waals surface area contributed by atoms with Crippen LogP contribution in [-0.2, 0) is 12.8 Å². The summed E-state index contributed by atoms with van der Waals surface area (Å²) < 4.78 is 16.0. The Bertz CT molecular complexity index is 751. The Morgan fingerprint density at radius 1 is 1.18 bits per heavy atom. The summed E-state index contributed by atoms with van der Waals surface area (Å²) in [4.78, 5) is 12.6. The first-order chi connectivity index (χ1) is 10.8. The van der Waals surface area contributed by atoms with Crippen molar-refractivity contribution in [3.05, 3.63) is 42.2 Å². The molecule has 3 aromatic rings. The third-order valence-electron chi connectivity index (χ3n) is 3.16. The van der Waals surface area contributed by atoms with Crippen molar-refractivity contribution < 1.29 is 13.7 Å². The highest BCUT2D eigenvalue weighted by Crippen LogP contribution is 2.26. The molecule has 0 bridgehead atoms. The van der Waals surface area contributed by atoms with E-state index in [1.165, 1.54) is 0 Å². The molecule has 0 aliphatic carbocycles. The van der Waals surface area contributed by atoms with Crippen LogP contribution in [0, 0.1) is 6.92 Å². The molecule has 3 rings (SSSR count). The fraction of sp³-hybridized carbons (Fsp3) is 0.333. The van der Waals surface area contributed by atoms with Crippen molar-refractivity contribution in [3.8, 4) is 17.1 Å². The summed E-state index contributed by atoms with van der Waals surface area (Å²) in [7, 11) is 1.60. The average molecular weight is 300 g/mol. The van der Waals surface area contributed by atoms with E-state index in [4.69, 9.17) is 13.7 Å². The van der Waals surface area contributed by atoms with Crippen LogP contribution < -0.4 is 4.74 Å². The van der Waals surface area contributed by atoms with E-state index >= 15 is 0 Å². The molecule has 0 amide bonds. The molecule has 3 aromatic heterocycles. The number of pyridine rings is 1. The van der Waals surface area contributed by atoms with Gasteiger partial charge in [-0.1, -0.05) is 5.16 Å². The van der Waals surface area contributed by atoms with Gasteiger partial charge in [0.15, 0.2) is 5.89 Å². The van der Waals surface area contributed by atoms with E-state index in [0.717, 1.165) is 24.5 Å². The molecule has 114 valence electrons. The lowest BCUT2D eigenvalue weighted by Gasteiger charge is -2.02. The molecule has 0 N–H and O–H groups in total. The number of nitrogens with zero attached hydrogens (tertiary/aromatic N) is 4. The number of rotatable bonds is 6. The highest BCUT2D eigenvalue weighted by atomic mass is 16.5. The van der Waals surface area contributed by atoms with Crippen molar-refractivity contribution in [2.75, 3.05) is 7.11 Å². The van der Waals surface area contributed by atoms with Gasteiger partial charge in [-0.05, 0) is 19.4 Å². The molecular weight excluding hydrogens is 284 g/mol. The molecule has 0 fully saturated rings. The summed E-state index contributed by atoms with van der Waals surface area (Å²) in [6.45, 7) is 1.88. The maximum atomic E-state index is 5.42. The van der Waals surface area contributed by atoms with Crippen molar-refractivity contribution in [2.45, 2.75) is 26.2 Å². The molecule has 0 radical (unpaired) electrons. The summed E-state index contributed by atoms with van der Waals surface area (Å²) in [6.07, 6.45) is 7.25. The van der Waals surface area contributed by atoms with Crippen LogP contribution in [-0.4, -0.2) is 27.2 Å². The zero-order chi connectivity index (χ0) is 15.4. The van der Waals surface area contributed by atoms with Crippen molar-refractivity contribution in [1.82, 2.24) is 20.1 Å². The van der Waals surface area contributed by atoms with E-state index in [-0.39, 0.29) is 0 Å². The second-order valence-electron chi connectivity index (χ2n) is 4.81. The topological polar surface area (TPSA) is 87.1 Å². The van der Waals surface area contributed by atoms with Crippen LogP contribution in [0.4, 0.5) is 0 Å². The van der Waals surface area contributed by atoms with Gasteiger partial charge in [0, 0.05) is 25.2 Å². The average Bonchev–Trinajstić information content (AvgIpc) is 3.17. The van der Waals surface area contributed by atoms with Crippen LogP contribution in [0.2, 0.25) is 0 Å². The predicted molar refractivity (Wildman–Crippen MR) is 77.3 cm³/mol. The van der Waals surface area contributed by atoms with E-state index < -0.39 is 0 Å². The molecule has 0 saturated carbocycles. The number of oxazole rings is 1. The smallest absolute Gasteiger partial charge is 0.226 e. The number of aryl methyl sites for hydroxylation is 3. The number of aromatic nitrogens is 4. The summed E-state index contributed by atoms with van der Waals surface area (Å²) in [5, 5.41) is 3.98. The van der Waals surface area contributed by atoms with Crippen LogP contribution in [0.1, 0.15) is 24.0 Å². The Morgan fingerprint density at radius 3 is 2.82 bits per heavy atom. The van der Waals surface area contributed by atoms with E-state index in [9.17, 15) is 0 Å². The van der Waals surface area contributed by atoms with Gasteiger partial charge in [0.2, 0.25) is 11.7 Å². The minimum absolute atomic E-state index is 0.479. The number of hydrogen-bond donors (Lipinski definition) is 0. The van der Waals surface area contributed by atoms with Crippen molar-refractivity contribution in [3.63, 3.8) is 0 Å². The number of hydrogen-bond acceptors (Lipinski definition) is 7. The summed E-state index contributed by atoms with van der Waals surface area (Å²) in [5.74, 6) is 3.26. The van der Waals surface area contributed by atoms with Crippen molar-refractivity contribution in [2.24, 2.45) is 0 Å². The first-order valence-corrected chi connectivity index (χ1v) is 6.98. The van der Waals surface area contributed by atoms with E-state index in [1.807, 2.05) is 6.92 Å². The van der Waals surface area contributed by atoms with Gasteiger partial charge in [-0.25, -0.2) is 4.98 Å². The van der Waals surface area contributed by atoms with Gasteiger partial charge in [-0.15, -0.1) is 0 Å². The zero-order valence-corrected chi connectivity index (χ0v) is 12.4. The van der Waals surface area contributed by atoms with Gasteiger partial charge in [0.05, 0.1) is 18.9 Å². The molecule has 7 heteroatoms. The highest BCUT2D eigenvalue weighted by molar-refractivity contribution is 5.61. The molecule has 0 aromatic carbocycles. The Labute approximate surface area is 127 Å². The molecule has 0 spiro atoms. The van der Waals surface area contributed by atoms with E-state index in [1.54, 1.807) is 31.8 Å². The molecule has 0 saturated heterocycles. The zero-order valence-electron chi connectivity index (χ0n) is 12.4. The quantitative estimate of drug-likeness (QED) is 0.691. The molecule has 0 aliphatic rings. The summed E-state index contributed by atoms with van der Waals surface area (Å²) in [5.41, 5.74) is 0.711. The SMILES string of the molecule is COc1ccncc1-c1noc(CCCc2ncc(C)o2)n1. The fourth-order valence-electron chi connectivity index (χ4n) is 2.10. The second kappa shape index (κ2) is 6.38. The lowest BCUT2D eigenvalue weighted by atomic mass is 10.2. The number of ether oxygens (including phenoxy) is 1. The minimum atomic E-state index is 0.479. The highest BCUT2D eigenvalue weighted by Gasteiger charge is 2.13.